The van der Waals surface area contributed by atoms with E-state index >= 15 is 4.39 Å². The van der Waals surface area contributed by atoms with Crippen LogP contribution in [-0.4, -0.2) is 54.0 Å². The van der Waals surface area contributed by atoms with Crippen molar-refractivity contribution >= 4 is 33.4 Å². The summed E-state index contributed by atoms with van der Waals surface area (Å²) < 4.78 is 42.5. The Morgan fingerprint density at radius 2 is 2.03 bits per heavy atom. The van der Waals surface area contributed by atoms with Crippen LogP contribution in [0.1, 0.15) is 12.0 Å². The van der Waals surface area contributed by atoms with Crippen LogP contribution in [0.5, 0.6) is 0 Å². The number of benzene rings is 1. The van der Waals surface area contributed by atoms with Gasteiger partial charge < -0.3 is 4.98 Å². The molecule has 0 atom stereocenters. The molecule has 6 aromatic rings. The molecule has 0 radical (unpaired) electrons. The van der Waals surface area contributed by atoms with Crippen molar-refractivity contribution in [2.75, 3.05) is 13.1 Å². The van der Waals surface area contributed by atoms with Crippen LogP contribution in [0, 0.1) is 5.82 Å². The predicted octanol–water partition coefficient (Wildman–Crippen LogP) is 6.27. The second-order valence-electron chi connectivity index (χ2n) is 9.47. The molecule has 1 fully saturated rings. The normalized spacial score (nSPS) is 15.7. The molecule has 38 heavy (non-hydrogen) atoms. The second kappa shape index (κ2) is 8.74. The zero-order valence-electron chi connectivity index (χ0n) is 19.9. The number of alkyl halides is 2. The van der Waals surface area contributed by atoms with Gasteiger partial charge in [0.1, 0.15) is 11.5 Å². The van der Waals surface area contributed by atoms with Crippen molar-refractivity contribution in [2.24, 2.45) is 0 Å². The summed E-state index contributed by atoms with van der Waals surface area (Å²) in [4.78, 5) is 19.5. The third-order valence-corrected chi connectivity index (χ3v) is 7.72. The predicted molar refractivity (Wildman–Crippen MR) is 140 cm³/mol. The van der Waals surface area contributed by atoms with Crippen LogP contribution in [0.25, 0.3) is 55.2 Å². The minimum Gasteiger partial charge on any atom is -0.335 e. The van der Waals surface area contributed by atoms with Gasteiger partial charge in [0.05, 0.1) is 17.6 Å². The highest BCUT2D eigenvalue weighted by molar-refractivity contribution is 7.13. The first-order valence-corrected chi connectivity index (χ1v) is 12.9. The van der Waals surface area contributed by atoms with Gasteiger partial charge in [-0.25, -0.2) is 23.1 Å². The molecule has 6 heterocycles. The van der Waals surface area contributed by atoms with Gasteiger partial charge in [-0.05, 0) is 35.2 Å². The number of nitrogens with zero attached hydrogens (tertiary/aromatic N) is 5. The molecular weight excluding hydrogens is 511 g/mol. The summed E-state index contributed by atoms with van der Waals surface area (Å²) in [7, 11) is 0. The number of likely N-dealkylation sites (tertiary alicyclic amines) is 1. The summed E-state index contributed by atoms with van der Waals surface area (Å²) in [5, 5.41) is 10.0. The van der Waals surface area contributed by atoms with Gasteiger partial charge in [-0.15, -0.1) is 11.3 Å². The lowest BCUT2D eigenvalue weighted by Gasteiger charge is -2.16. The van der Waals surface area contributed by atoms with E-state index in [4.69, 9.17) is 0 Å². The number of pyridine rings is 2. The summed E-state index contributed by atoms with van der Waals surface area (Å²) >= 11 is 1.63. The van der Waals surface area contributed by atoms with Gasteiger partial charge >= 0.3 is 0 Å². The molecule has 11 heteroatoms. The van der Waals surface area contributed by atoms with E-state index in [0.29, 0.717) is 52.3 Å². The molecule has 1 aliphatic rings. The van der Waals surface area contributed by atoms with E-state index in [9.17, 15) is 8.78 Å². The number of fused-ring (bicyclic) bond motifs is 2. The monoisotopic (exact) mass is 531 g/mol. The molecule has 0 spiro atoms. The summed E-state index contributed by atoms with van der Waals surface area (Å²) in [6.45, 7) is 0.364. The molecule has 7 nitrogen and oxygen atoms in total. The summed E-state index contributed by atoms with van der Waals surface area (Å²) in [6.07, 6.45) is 4.78. The Morgan fingerprint density at radius 1 is 1.11 bits per heavy atom. The Bertz CT molecular complexity index is 1790. The number of H-pyrrole nitrogens is 2. The zero-order valence-corrected chi connectivity index (χ0v) is 20.7. The summed E-state index contributed by atoms with van der Waals surface area (Å²) in [6, 6.07) is 10.9. The zero-order chi connectivity index (χ0) is 25.9. The highest BCUT2D eigenvalue weighted by Gasteiger charge is 2.37. The van der Waals surface area contributed by atoms with E-state index in [0.717, 1.165) is 21.5 Å². The highest BCUT2D eigenvalue weighted by Crippen LogP contribution is 2.35. The van der Waals surface area contributed by atoms with Crippen LogP contribution < -0.4 is 0 Å². The molecule has 5 aromatic heterocycles. The highest BCUT2D eigenvalue weighted by atomic mass is 32.1. The quantitative estimate of drug-likeness (QED) is 0.274. The molecule has 0 unspecified atom stereocenters. The lowest BCUT2D eigenvalue weighted by molar-refractivity contribution is 0.0115. The lowest BCUT2D eigenvalue weighted by atomic mass is 10.0. The summed E-state index contributed by atoms with van der Waals surface area (Å²) in [5.41, 5.74) is 5.07. The van der Waals surface area contributed by atoms with Crippen molar-refractivity contribution in [2.45, 2.75) is 18.9 Å². The first-order valence-electron chi connectivity index (χ1n) is 12.0. The van der Waals surface area contributed by atoms with Crippen LogP contribution in [0.2, 0.25) is 0 Å². The maximum absolute atomic E-state index is 15.2. The maximum Gasteiger partial charge on any atom is 0.261 e. The number of halogens is 3. The van der Waals surface area contributed by atoms with E-state index in [1.807, 2.05) is 23.6 Å². The van der Waals surface area contributed by atoms with Gasteiger partial charge in [-0.2, -0.15) is 5.10 Å². The topological polar surface area (TPSA) is 86.4 Å². The number of imidazole rings is 1. The van der Waals surface area contributed by atoms with E-state index < -0.39 is 11.7 Å². The molecule has 0 amide bonds. The van der Waals surface area contributed by atoms with Crippen LogP contribution in [-0.2, 0) is 6.54 Å². The Hall–Kier alpha value is -4.09. The fraction of sp³-hybridized carbons (Fsp3) is 0.185. The average Bonchev–Trinajstić information content (AvgIpc) is 3.69. The molecule has 0 aliphatic carbocycles. The largest absolute Gasteiger partial charge is 0.335 e. The smallest absolute Gasteiger partial charge is 0.261 e. The molecule has 0 saturated carbocycles. The minimum absolute atomic E-state index is 0.152. The van der Waals surface area contributed by atoms with Crippen LogP contribution in [0.4, 0.5) is 13.2 Å². The first kappa shape index (κ1) is 23.1. The third kappa shape index (κ3) is 4.04. The van der Waals surface area contributed by atoms with E-state index in [1.165, 1.54) is 6.07 Å². The standard InChI is InChI=1S/C27H20F3N7S/c28-20-10-21-19(9-18(20)16-8-15(11-31-12-16)13-37-6-4-27(29,30)14-37)24(36-35-21)26-33-23-17(22-2-1-7-38-22)3-5-32-25(23)34-26/h1-3,5,7-12H,4,6,13-14H2,(H,35,36)(H,32,33,34). The van der Waals surface area contributed by atoms with E-state index in [1.54, 1.807) is 47.0 Å². The molecule has 1 saturated heterocycles. The molecule has 190 valence electrons. The first-order chi connectivity index (χ1) is 18.4. The van der Waals surface area contributed by atoms with Gasteiger partial charge in [0.2, 0.25) is 0 Å². The van der Waals surface area contributed by atoms with Crippen molar-refractivity contribution in [1.29, 1.82) is 0 Å². The van der Waals surface area contributed by atoms with Gasteiger partial charge in [-0.3, -0.25) is 15.0 Å². The van der Waals surface area contributed by atoms with Crippen molar-refractivity contribution < 1.29 is 13.2 Å². The maximum atomic E-state index is 15.2. The van der Waals surface area contributed by atoms with Crippen LogP contribution in [0.15, 0.2) is 60.4 Å². The van der Waals surface area contributed by atoms with Crippen molar-refractivity contribution in [3.05, 3.63) is 71.7 Å². The minimum atomic E-state index is -2.67. The Kier molecular flexibility index (Phi) is 5.31. The fourth-order valence-electron chi connectivity index (χ4n) is 5.02. The molecule has 1 aromatic carbocycles. The van der Waals surface area contributed by atoms with Crippen LogP contribution in [0.3, 0.4) is 0 Å². The van der Waals surface area contributed by atoms with E-state index in [2.05, 4.69) is 30.1 Å². The molecule has 1 aliphatic heterocycles. The Morgan fingerprint density at radius 3 is 2.84 bits per heavy atom. The molecule has 0 bridgehead atoms. The number of hydrogen-bond acceptors (Lipinski definition) is 6. The Labute approximate surface area is 218 Å². The molecular formula is C27H20F3N7S. The van der Waals surface area contributed by atoms with Gasteiger partial charge in [0.15, 0.2) is 11.5 Å². The number of aromatic nitrogens is 6. The molecule has 7 rings (SSSR count). The average molecular weight is 532 g/mol. The van der Waals surface area contributed by atoms with Crippen molar-refractivity contribution in [3.8, 4) is 33.1 Å². The number of thiophene rings is 1. The number of hydrogen-bond donors (Lipinski definition) is 2. The van der Waals surface area contributed by atoms with Gasteiger partial charge in [-0.1, -0.05) is 6.07 Å². The van der Waals surface area contributed by atoms with Gasteiger partial charge in [0.25, 0.3) is 5.92 Å². The molecule has 2 N–H and O–H groups in total. The summed E-state index contributed by atoms with van der Waals surface area (Å²) in [5.74, 6) is -2.59. The van der Waals surface area contributed by atoms with Crippen LogP contribution >= 0.6 is 11.3 Å². The van der Waals surface area contributed by atoms with Crippen molar-refractivity contribution in [3.63, 3.8) is 0 Å². The fourth-order valence-corrected chi connectivity index (χ4v) is 5.78. The van der Waals surface area contributed by atoms with Gasteiger partial charge in [0, 0.05) is 71.1 Å². The number of aromatic amines is 2. The van der Waals surface area contributed by atoms with E-state index in [-0.39, 0.29) is 13.0 Å². The second-order valence-corrected chi connectivity index (χ2v) is 10.4. The SMILES string of the molecule is Fc1cc2[nH]nc(-c3nc4nccc(-c5cccs5)c4[nH]3)c2cc1-c1cncc(CN2CCC(F)(F)C2)c1. The number of rotatable bonds is 5. The third-order valence-electron chi connectivity index (χ3n) is 6.81. The Balaban J connectivity index is 1.27. The lowest BCUT2D eigenvalue weighted by Crippen LogP contribution is -2.24. The number of nitrogens with one attached hydrogen (secondary N) is 2. The van der Waals surface area contributed by atoms with Crippen molar-refractivity contribution in [1.82, 2.24) is 35.0 Å².